The van der Waals surface area contributed by atoms with E-state index in [0.717, 1.165) is 24.2 Å². The van der Waals surface area contributed by atoms with Gasteiger partial charge in [-0.25, -0.2) is 9.67 Å². The smallest absolute Gasteiger partial charge is 0.250 e. The molecule has 1 fully saturated rings. The van der Waals surface area contributed by atoms with Crippen LogP contribution in [0.1, 0.15) is 61.5 Å². The number of hydrogen-bond acceptors (Lipinski definition) is 4. The van der Waals surface area contributed by atoms with Crippen molar-refractivity contribution in [3.05, 3.63) is 82.3 Å². The zero-order chi connectivity index (χ0) is 19.3. The van der Waals surface area contributed by atoms with Crippen molar-refractivity contribution in [2.24, 2.45) is 0 Å². The van der Waals surface area contributed by atoms with E-state index in [1.165, 1.54) is 19.3 Å². The maximum absolute atomic E-state index is 12.0. The molecule has 3 aromatic rings. The first-order valence-electron chi connectivity index (χ1n) is 10.1. The third kappa shape index (κ3) is 4.07. The summed E-state index contributed by atoms with van der Waals surface area (Å²) in [6.07, 6.45) is 7.38. The SMILES string of the molecule is O=c1ccccn1CCc1nc([C@H](O)c2ccccc2)nn1C1CCCCC1. The molecule has 0 spiro atoms. The van der Waals surface area contributed by atoms with Gasteiger partial charge in [-0.05, 0) is 24.5 Å². The quantitative estimate of drug-likeness (QED) is 0.714. The van der Waals surface area contributed by atoms with Gasteiger partial charge in [-0.3, -0.25) is 4.79 Å². The highest BCUT2D eigenvalue weighted by atomic mass is 16.3. The Morgan fingerprint density at radius 3 is 2.54 bits per heavy atom. The molecule has 6 nitrogen and oxygen atoms in total. The van der Waals surface area contributed by atoms with Gasteiger partial charge in [0.2, 0.25) is 0 Å². The zero-order valence-corrected chi connectivity index (χ0v) is 15.9. The molecule has 0 radical (unpaired) electrons. The van der Waals surface area contributed by atoms with Crippen molar-refractivity contribution < 1.29 is 5.11 Å². The fourth-order valence-electron chi connectivity index (χ4n) is 3.93. The minimum absolute atomic E-state index is 0.0178. The minimum Gasteiger partial charge on any atom is -0.380 e. The number of pyridine rings is 1. The molecule has 1 aromatic carbocycles. The van der Waals surface area contributed by atoms with Gasteiger partial charge < -0.3 is 9.67 Å². The van der Waals surface area contributed by atoms with Crippen LogP contribution in [0.2, 0.25) is 0 Å². The molecule has 0 amide bonds. The van der Waals surface area contributed by atoms with Gasteiger partial charge in [-0.15, -0.1) is 0 Å². The van der Waals surface area contributed by atoms with E-state index in [2.05, 4.69) is 0 Å². The van der Waals surface area contributed by atoms with Gasteiger partial charge in [0, 0.05) is 25.2 Å². The Kier molecular flexibility index (Phi) is 5.67. The molecule has 2 heterocycles. The van der Waals surface area contributed by atoms with Crippen LogP contribution >= 0.6 is 0 Å². The van der Waals surface area contributed by atoms with Gasteiger partial charge in [0.25, 0.3) is 5.56 Å². The molecule has 4 rings (SSSR count). The molecule has 1 N–H and O–H groups in total. The summed E-state index contributed by atoms with van der Waals surface area (Å²) in [6, 6.07) is 15.0. The fourth-order valence-corrected chi connectivity index (χ4v) is 3.93. The average Bonchev–Trinajstić information content (AvgIpc) is 3.18. The van der Waals surface area contributed by atoms with Crippen LogP contribution < -0.4 is 5.56 Å². The van der Waals surface area contributed by atoms with E-state index < -0.39 is 6.10 Å². The summed E-state index contributed by atoms with van der Waals surface area (Å²) in [5.41, 5.74) is 0.768. The fraction of sp³-hybridized carbons (Fsp3) is 0.409. The average molecular weight is 378 g/mol. The minimum atomic E-state index is -0.843. The molecular formula is C22H26N4O2. The van der Waals surface area contributed by atoms with Gasteiger partial charge in [-0.1, -0.05) is 55.7 Å². The van der Waals surface area contributed by atoms with E-state index in [0.29, 0.717) is 24.8 Å². The van der Waals surface area contributed by atoms with E-state index in [-0.39, 0.29) is 5.56 Å². The molecule has 146 valence electrons. The number of aromatic nitrogens is 4. The monoisotopic (exact) mass is 378 g/mol. The molecule has 2 aromatic heterocycles. The highest BCUT2D eigenvalue weighted by molar-refractivity contribution is 5.22. The van der Waals surface area contributed by atoms with E-state index in [4.69, 9.17) is 10.1 Å². The molecule has 1 saturated carbocycles. The molecule has 0 unspecified atom stereocenters. The third-order valence-electron chi connectivity index (χ3n) is 5.47. The summed E-state index contributed by atoms with van der Waals surface area (Å²) >= 11 is 0. The van der Waals surface area contributed by atoms with Gasteiger partial charge in [0.05, 0.1) is 6.04 Å². The van der Waals surface area contributed by atoms with Gasteiger partial charge in [0.15, 0.2) is 5.82 Å². The predicted octanol–water partition coefficient (Wildman–Crippen LogP) is 3.27. The summed E-state index contributed by atoms with van der Waals surface area (Å²) < 4.78 is 3.70. The largest absolute Gasteiger partial charge is 0.380 e. The number of rotatable bonds is 6. The lowest BCUT2D eigenvalue weighted by atomic mass is 9.95. The lowest BCUT2D eigenvalue weighted by Gasteiger charge is -2.23. The summed E-state index contributed by atoms with van der Waals surface area (Å²) in [7, 11) is 0. The summed E-state index contributed by atoms with van der Waals surface area (Å²) in [4.78, 5) is 16.7. The standard InChI is InChI=1S/C22H26N4O2/c27-20-13-7-8-15-25(20)16-14-19-23-22(21(28)17-9-3-1-4-10-17)24-26(19)18-11-5-2-6-12-18/h1,3-4,7-10,13,15,18,21,28H,2,5-6,11-12,14,16H2/t21-/m1/s1. The number of benzene rings is 1. The number of aliphatic hydroxyl groups is 1. The van der Waals surface area contributed by atoms with Crippen LogP contribution in [-0.2, 0) is 13.0 Å². The highest BCUT2D eigenvalue weighted by Crippen LogP contribution is 2.30. The maximum atomic E-state index is 12.0. The predicted molar refractivity (Wildman–Crippen MR) is 107 cm³/mol. The van der Waals surface area contributed by atoms with Crippen molar-refractivity contribution in [1.82, 2.24) is 19.3 Å². The van der Waals surface area contributed by atoms with Crippen molar-refractivity contribution in [3.8, 4) is 0 Å². The van der Waals surface area contributed by atoms with Gasteiger partial charge >= 0.3 is 0 Å². The van der Waals surface area contributed by atoms with Gasteiger partial charge in [-0.2, -0.15) is 5.10 Å². The summed E-state index contributed by atoms with van der Waals surface area (Å²) in [6.45, 7) is 0.548. The Bertz CT molecular complexity index is 958. The van der Waals surface area contributed by atoms with Crippen LogP contribution in [0, 0.1) is 0 Å². The Hall–Kier alpha value is -2.73. The van der Waals surface area contributed by atoms with Crippen LogP contribution in [0.15, 0.2) is 59.5 Å². The Morgan fingerprint density at radius 2 is 1.79 bits per heavy atom. The first-order chi connectivity index (χ1) is 13.7. The van der Waals surface area contributed by atoms with Crippen molar-refractivity contribution in [2.75, 3.05) is 0 Å². The van der Waals surface area contributed by atoms with Crippen LogP contribution in [0.25, 0.3) is 0 Å². The molecule has 6 heteroatoms. The molecular weight excluding hydrogens is 352 g/mol. The first-order valence-corrected chi connectivity index (χ1v) is 10.1. The second-order valence-electron chi connectivity index (χ2n) is 7.42. The number of aliphatic hydroxyl groups excluding tert-OH is 1. The third-order valence-corrected chi connectivity index (χ3v) is 5.47. The van der Waals surface area contributed by atoms with Crippen molar-refractivity contribution in [1.29, 1.82) is 0 Å². The number of aryl methyl sites for hydroxylation is 2. The molecule has 1 aliphatic carbocycles. The van der Waals surface area contributed by atoms with Crippen LogP contribution in [0.4, 0.5) is 0 Å². The van der Waals surface area contributed by atoms with Crippen LogP contribution in [-0.4, -0.2) is 24.4 Å². The van der Waals surface area contributed by atoms with Gasteiger partial charge in [0.1, 0.15) is 11.9 Å². The molecule has 1 aliphatic rings. The molecule has 28 heavy (non-hydrogen) atoms. The number of hydrogen-bond donors (Lipinski definition) is 1. The molecule has 0 aliphatic heterocycles. The molecule has 1 atom stereocenters. The van der Waals surface area contributed by atoms with Crippen molar-refractivity contribution in [2.45, 2.75) is 57.2 Å². The first kappa shape index (κ1) is 18.6. The zero-order valence-electron chi connectivity index (χ0n) is 15.9. The Morgan fingerprint density at radius 1 is 1.04 bits per heavy atom. The Labute approximate surface area is 164 Å². The van der Waals surface area contributed by atoms with Crippen molar-refractivity contribution >= 4 is 0 Å². The lowest BCUT2D eigenvalue weighted by molar-refractivity contribution is 0.208. The van der Waals surface area contributed by atoms with Crippen LogP contribution in [0.5, 0.6) is 0 Å². The van der Waals surface area contributed by atoms with E-state index in [1.54, 1.807) is 22.9 Å². The van der Waals surface area contributed by atoms with E-state index in [1.807, 2.05) is 41.1 Å². The van der Waals surface area contributed by atoms with E-state index >= 15 is 0 Å². The summed E-state index contributed by atoms with van der Waals surface area (Å²) in [5, 5.41) is 15.5. The Balaban J connectivity index is 1.62. The topological polar surface area (TPSA) is 72.9 Å². The second-order valence-corrected chi connectivity index (χ2v) is 7.42. The lowest BCUT2D eigenvalue weighted by Crippen LogP contribution is -2.22. The maximum Gasteiger partial charge on any atom is 0.250 e. The highest BCUT2D eigenvalue weighted by Gasteiger charge is 2.24. The molecule has 0 saturated heterocycles. The van der Waals surface area contributed by atoms with Crippen molar-refractivity contribution in [3.63, 3.8) is 0 Å². The molecule has 0 bridgehead atoms. The normalized spacial score (nSPS) is 16.2. The number of nitrogens with zero attached hydrogens (tertiary/aromatic N) is 4. The van der Waals surface area contributed by atoms with E-state index in [9.17, 15) is 9.90 Å². The summed E-state index contributed by atoms with van der Waals surface area (Å²) in [5.74, 6) is 1.28. The second kappa shape index (κ2) is 8.52. The van der Waals surface area contributed by atoms with Crippen LogP contribution in [0.3, 0.4) is 0 Å².